The van der Waals surface area contributed by atoms with Gasteiger partial charge in [-0.05, 0) is 55.5 Å². The Morgan fingerprint density at radius 2 is 2.11 bits per heavy atom. The van der Waals surface area contributed by atoms with E-state index >= 15 is 0 Å². The molecule has 3 rings (SSSR count). The first-order chi connectivity index (χ1) is 13.4. The molecule has 8 heteroatoms. The largest absolute Gasteiger partial charge is 0.467 e. The first-order valence-corrected chi connectivity index (χ1v) is 9.43. The van der Waals surface area contributed by atoms with Crippen molar-refractivity contribution in [2.24, 2.45) is 0 Å². The predicted molar refractivity (Wildman–Crippen MR) is 104 cm³/mol. The summed E-state index contributed by atoms with van der Waals surface area (Å²) in [5, 5.41) is 14.0. The van der Waals surface area contributed by atoms with E-state index in [4.69, 9.17) is 9.15 Å². The smallest absolute Gasteiger partial charge is 0.349 e. The Kier molecular flexibility index (Phi) is 5.66. The molecule has 0 atom stereocenters. The second kappa shape index (κ2) is 8.15. The SMILES string of the molecule is Cc1ccsc1C(=O)OCC(=O)Nc1c(C#N)c(C)c(C)n1Cc1ccco1. The van der Waals surface area contributed by atoms with Gasteiger partial charge in [-0.1, -0.05) is 0 Å². The number of amides is 1. The molecule has 0 aliphatic heterocycles. The number of nitrogens with zero attached hydrogens (tertiary/aromatic N) is 2. The van der Waals surface area contributed by atoms with Crippen LogP contribution in [0.25, 0.3) is 0 Å². The zero-order valence-electron chi connectivity index (χ0n) is 15.7. The highest BCUT2D eigenvalue weighted by molar-refractivity contribution is 7.12. The van der Waals surface area contributed by atoms with Crippen molar-refractivity contribution in [1.29, 1.82) is 5.26 Å². The number of anilines is 1. The molecule has 0 aromatic carbocycles. The molecule has 1 N–H and O–H groups in total. The number of nitriles is 1. The second-order valence-corrected chi connectivity index (χ2v) is 7.18. The zero-order valence-corrected chi connectivity index (χ0v) is 16.6. The molecule has 3 aromatic rings. The zero-order chi connectivity index (χ0) is 20.3. The van der Waals surface area contributed by atoms with Crippen molar-refractivity contribution in [3.8, 4) is 6.07 Å². The van der Waals surface area contributed by atoms with Gasteiger partial charge >= 0.3 is 5.97 Å². The quantitative estimate of drug-likeness (QED) is 0.638. The van der Waals surface area contributed by atoms with Crippen LogP contribution in [0, 0.1) is 32.1 Å². The molecule has 0 radical (unpaired) electrons. The monoisotopic (exact) mass is 397 g/mol. The van der Waals surface area contributed by atoms with Crippen molar-refractivity contribution in [2.45, 2.75) is 27.3 Å². The molecule has 0 unspecified atom stereocenters. The number of aromatic nitrogens is 1. The van der Waals surface area contributed by atoms with Crippen molar-refractivity contribution in [2.75, 3.05) is 11.9 Å². The van der Waals surface area contributed by atoms with Gasteiger partial charge in [-0.25, -0.2) is 4.79 Å². The molecule has 0 aliphatic carbocycles. The molecule has 0 fully saturated rings. The number of ether oxygens (including phenoxy) is 1. The van der Waals surface area contributed by atoms with Gasteiger partial charge in [0, 0.05) is 5.69 Å². The molecule has 0 saturated heterocycles. The van der Waals surface area contributed by atoms with E-state index in [2.05, 4.69) is 11.4 Å². The van der Waals surface area contributed by atoms with E-state index < -0.39 is 18.5 Å². The van der Waals surface area contributed by atoms with Crippen LogP contribution in [-0.4, -0.2) is 23.1 Å². The highest BCUT2D eigenvalue weighted by Gasteiger charge is 2.21. The number of aryl methyl sites for hydroxylation is 1. The summed E-state index contributed by atoms with van der Waals surface area (Å²) < 4.78 is 12.3. The molecule has 0 saturated carbocycles. The molecule has 3 heterocycles. The lowest BCUT2D eigenvalue weighted by atomic mass is 10.2. The minimum absolute atomic E-state index is 0.363. The van der Waals surface area contributed by atoms with E-state index in [9.17, 15) is 14.9 Å². The fourth-order valence-corrected chi connectivity index (χ4v) is 3.65. The van der Waals surface area contributed by atoms with E-state index in [0.717, 1.165) is 16.8 Å². The molecule has 0 aliphatic rings. The van der Waals surface area contributed by atoms with Gasteiger partial charge in [0.25, 0.3) is 5.91 Å². The van der Waals surface area contributed by atoms with Crippen LogP contribution in [0.4, 0.5) is 5.82 Å². The number of carbonyl (C=O) groups is 2. The van der Waals surface area contributed by atoms with Gasteiger partial charge in [0.1, 0.15) is 22.5 Å². The van der Waals surface area contributed by atoms with Crippen LogP contribution in [0.3, 0.4) is 0 Å². The minimum atomic E-state index is -0.540. The highest BCUT2D eigenvalue weighted by atomic mass is 32.1. The van der Waals surface area contributed by atoms with Crippen molar-refractivity contribution >= 4 is 29.0 Å². The summed E-state index contributed by atoms with van der Waals surface area (Å²) in [7, 11) is 0. The third kappa shape index (κ3) is 3.85. The normalized spacial score (nSPS) is 10.5. The van der Waals surface area contributed by atoms with Gasteiger partial charge < -0.3 is 19.0 Å². The lowest BCUT2D eigenvalue weighted by Crippen LogP contribution is -2.23. The number of hydrogen-bond acceptors (Lipinski definition) is 6. The molecular formula is C20H19N3O4S. The predicted octanol–water partition coefficient (Wildman–Crippen LogP) is 3.78. The standard InChI is InChI=1S/C20H19N3O4S/c1-12-6-8-28-18(12)20(25)27-11-17(24)22-19-16(9-21)13(2)14(3)23(19)10-15-5-4-7-26-15/h4-8H,10-11H2,1-3H3,(H,22,24). The molecular weight excluding hydrogens is 378 g/mol. The lowest BCUT2D eigenvalue weighted by Gasteiger charge is -2.12. The maximum atomic E-state index is 12.4. The Morgan fingerprint density at radius 3 is 2.71 bits per heavy atom. The number of furan rings is 1. The van der Waals surface area contributed by atoms with Crippen molar-refractivity contribution in [3.05, 3.63) is 62.9 Å². The average Bonchev–Trinajstić information content (AvgIpc) is 3.38. The Hall–Kier alpha value is -3.31. The van der Waals surface area contributed by atoms with Gasteiger partial charge in [0.2, 0.25) is 0 Å². The average molecular weight is 397 g/mol. The van der Waals surface area contributed by atoms with Gasteiger partial charge in [-0.15, -0.1) is 11.3 Å². The number of nitrogens with one attached hydrogen (secondary N) is 1. The number of rotatable bonds is 6. The molecule has 7 nitrogen and oxygen atoms in total. The van der Waals surface area contributed by atoms with Crippen LogP contribution in [-0.2, 0) is 16.1 Å². The van der Waals surface area contributed by atoms with Gasteiger partial charge in [0.05, 0.1) is 18.4 Å². The molecule has 144 valence electrons. The van der Waals surface area contributed by atoms with Gasteiger partial charge in [-0.3, -0.25) is 4.79 Å². The van der Waals surface area contributed by atoms with Gasteiger partial charge in [0.15, 0.2) is 6.61 Å². The Balaban J connectivity index is 1.76. The number of esters is 1. The number of carbonyl (C=O) groups excluding carboxylic acids is 2. The summed E-state index contributed by atoms with van der Waals surface area (Å²) in [6, 6.07) is 7.54. The summed E-state index contributed by atoms with van der Waals surface area (Å²) in [5.41, 5.74) is 2.79. The van der Waals surface area contributed by atoms with Crippen molar-refractivity contribution < 1.29 is 18.7 Å². The fraction of sp³-hybridized carbons (Fsp3) is 0.250. The first-order valence-electron chi connectivity index (χ1n) is 8.55. The van der Waals surface area contributed by atoms with E-state index in [0.29, 0.717) is 28.6 Å². The third-order valence-electron chi connectivity index (χ3n) is 4.47. The Morgan fingerprint density at radius 1 is 1.32 bits per heavy atom. The van der Waals surface area contributed by atoms with Crippen LogP contribution in [0.1, 0.15) is 37.8 Å². The maximum absolute atomic E-state index is 12.4. The van der Waals surface area contributed by atoms with E-state index in [-0.39, 0.29) is 0 Å². The summed E-state index contributed by atoms with van der Waals surface area (Å²) in [5.74, 6) is -0.00122. The third-order valence-corrected chi connectivity index (χ3v) is 5.47. The van der Waals surface area contributed by atoms with Crippen molar-refractivity contribution in [3.63, 3.8) is 0 Å². The second-order valence-electron chi connectivity index (χ2n) is 6.27. The molecule has 0 bridgehead atoms. The van der Waals surface area contributed by atoms with Crippen LogP contribution in [0.15, 0.2) is 34.3 Å². The number of thiophene rings is 1. The summed E-state index contributed by atoms with van der Waals surface area (Å²) in [4.78, 5) is 24.9. The first kappa shape index (κ1) is 19.5. The summed E-state index contributed by atoms with van der Waals surface area (Å²) >= 11 is 1.27. The van der Waals surface area contributed by atoms with Crippen LogP contribution < -0.4 is 5.32 Å². The fourth-order valence-electron chi connectivity index (χ4n) is 2.83. The minimum Gasteiger partial charge on any atom is -0.467 e. The topological polar surface area (TPSA) is 97.3 Å². The number of hydrogen-bond donors (Lipinski definition) is 1. The molecule has 1 amide bonds. The maximum Gasteiger partial charge on any atom is 0.349 e. The van der Waals surface area contributed by atoms with Crippen LogP contribution in [0.2, 0.25) is 0 Å². The lowest BCUT2D eigenvalue weighted by molar-refractivity contribution is -0.119. The molecule has 0 spiro atoms. The molecule has 28 heavy (non-hydrogen) atoms. The highest BCUT2D eigenvalue weighted by Crippen LogP contribution is 2.27. The van der Waals surface area contributed by atoms with Gasteiger partial charge in [-0.2, -0.15) is 5.26 Å². The van der Waals surface area contributed by atoms with Crippen molar-refractivity contribution in [1.82, 2.24) is 4.57 Å². The van der Waals surface area contributed by atoms with Crippen LogP contribution >= 0.6 is 11.3 Å². The van der Waals surface area contributed by atoms with Crippen LogP contribution in [0.5, 0.6) is 0 Å². The van der Waals surface area contributed by atoms with E-state index in [1.54, 1.807) is 29.2 Å². The van der Waals surface area contributed by atoms with E-state index in [1.807, 2.05) is 26.0 Å². The Labute approximate surface area is 166 Å². The summed E-state index contributed by atoms with van der Waals surface area (Å²) in [6.07, 6.45) is 1.57. The van der Waals surface area contributed by atoms with E-state index in [1.165, 1.54) is 11.3 Å². The molecule has 3 aromatic heterocycles. The Bertz CT molecular complexity index is 1050. The summed E-state index contributed by atoms with van der Waals surface area (Å²) in [6.45, 7) is 5.42.